The second-order valence-electron chi connectivity index (χ2n) is 4.43. The number of aryl methyl sites for hydroxylation is 1. The zero-order chi connectivity index (χ0) is 14.5. The van der Waals surface area contributed by atoms with Gasteiger partial charge < -0.3 is 9.47 Å². The van der Waals surface area contributed by atoms with E-state index in [9.17, 15) is 4.79 Å². The minimum absolute atomic E-state index is 0.0110. The van der Waals surface area contributed by atoms with Crippen molar-refractivity contribution in [2.45, 2.75) is 26.9 Å². The summed E-state index contributed by atoms with van der Waals surface area (Å²) in [5, 5.41) is 0. The number of hydrogen-bond acceptors (Lipinski definition) is 4. The minimum atomic E-state index is -0.0110. The molecule has 1 aromatic carbocycles. The molecule has 0 aliphatic heterocycles. The molecule has 1 heterocycles. The normalized spacial score (nSPS) is 10.3. The van der Waals surface area contributed by atoms with Crippen molar-refractivity contribution in [1.29, 1.82) is 0 Å². The number of carbonyl (C=O) groups is 1. The van der Waals surface area contributed by atoms with Crippen LogP contribution in [-0.2, 0) is 13.0 Å². The van der Waals surface area contributed by atoms with E-state index in [0.717, 1.165) is 11.3 Å². The van der Waals surface area contributed by atoms with Gasteiger partial charge in [0.25, 0.3) is 0 Å². The van der Waals surface area contributed by atoms with Crippen LogP contribution in [0.4, 0.5) is 0 Å². The summed E-state index contributed by atoms with van der Waals surface area (Å²) in [6.07, 6.45) is 1.03. The van der Waals surface area contributed by atoms with Crippen LogP contribution in [0.1, 0.15) is 34.0 Å². The maximum atomic E-state index is 11.6. The van der Waals surface area contributed by atoms with Crippen molar-refractivity contribution in [1.82, 2.24) is 0 Å². The Bertz CT molecular complexity index is 602. The molecule has 0 saturated carbocycles. The third-order valence-electron chi connectivity index (χ3n) is 3.00. The Morgan fingerprint density at radius 2 is 1.95 bits per heavy atom. The average molecular weight is 290 g/mol. The standard InChI is InChI=1S/C16H18O3S/c1-4-13-6-7-14(20-13)10-19-16-9-12(18-3)5-8-15(16)11(2)17/h5-9H,4,10H2,1-3H3. The van der Waals surface area contributed by atoms with Crippen LogP contribution in [-0.4, -0.2) is 12.9 Å². The van der Waals surface area contributed by atoms with Gasteiger partial charge in [0.1, 0.15) is 18.1 Å². The van der Waals surface area contributed by atoms with Crippen LogP contribution in [0.2, 0.25) is 0 Å². The minimum Gasteiger partial charge on any atom is -0.497 e. The lowest BCUT2D eigenvalue weighted by atomic mass is 10.1. The first kappa shape index (κ1) is 14.6. The first-order valence-corrected chi connectivity index (χ1v) is 7.35. The highest BCUT2D eigenvalue weighted by Crippen LogP contribution is 2.27. The Kier molecular flexibility index (Phi) is 4.79. The second-order valence-corrected chi connectivity index (χ2v) is 5.68. The Morgan fingerprint density at radius 1 is 1.20 bits per heavy atom. The van der Waals surface area contributed by atoms with E-state index in [1.54, 1.807) is 36.6 Å². The van der Waals surface area contributed by atoms with Crippen LogP contribution in [0.25, 0.3) is 0 Å². The molecule has 106 valence electrons. The third-order valence-corrected chi connectivity index (χ3v) is 4.21. The molecule has 0 N–H and O–H groups in total. The van der Waals surface area contributed by atoms with Gasteiger partial charge in [-0.15, -0.1) is 11.3 Å². The lowest BCUT2D eigenvalue weighted by Crippen LogP contribution is -2.01. The molecule has 0 bridgehead atoms. The third kappa shape index (κ3) is 3.39. The van der Waals surface area contributed by atoms with Crippen LogP contribution in [0.5, 0.6) is 11.5 Å². The van der Waals surface area contributed by atoms with E-state index in [1.165, 1.54) is 11.8 Å². The van der Waals surface area contributed by atoms with Crippen molar-refractivity contribution in [3.63, 3.8) is 0 Å². The van der Waals surface area contributed by atoms with Crippen LogP contribution < -0.4 is 9.47 Å². The summed E-state index contributed by atoms with van der Waals surface area (Å²) in [7, 11) is 1.60. The molecule has 0 unspecified atom stereocenters. The highest BCUT2D eigenvalue weighted by Gasteiger charge is 2.10. The van der Waals surface area contributed by atoms with Crippen molar-refractivity contribution in [3.8, 4) is 11.5 Å². The molecule has 3 nitrogen and oxygen atoms in total. The Balaban J connectivity index is 2.16. The van der Waals surface area contributed by atoms with Crippen molar-refractivity contribution in [3.05, 3.63) is 45.6 Å². The van der Waals surface area contributed by atoms with Gasteiger partial charge in [-0.05, 0) is 37.6 Å². The van der Waals surface area contributed by atoms with Gasteiger partial charge in [-0.25, -0.2) is 0 Å². The van der Waals surface area contributed by atoms with E-state index in [-0.39, 0.29) is 5.78 Å². The van der Waals surface area contributed by atoms with Gasteiger partial charge in [0.2, 0.25) is 0 Å². The topological polar surface area (TPSA) is 35.5 Å². The lowest BCUT2D eigenvalue weighted by molar-refractivity contribution is 0.101. The number of ketones is 1. The molecule has 0 aliphatic carbocycles. The van der Waals surface area contributed by atoms with E-state index < -0.39 is 0 Å². The molecule has 4 heteroatoms. The molecule has 0 atom stereocenters. The number of rotatable bonds is 6. The van der Waals surface area contributed by atoms with Crippen molar-refractivity contribution in [2.75, 3.05) is 7.11 Å². The monoisotopic (exact) mass is 290 g/mol. The summed E-state index contributed by atoms with van der Waals surface area (Å²) >= 11 is 1.74. The lowest BCUT2D eigenvalue weighted by Gasteiger charge is -2.10. The average Bonchev–Trinajstić information content (AvgIpc) is 2.92. The van der Waals surface area contributed by atoms with Crippen LogP contribution in [0.15, 0.2) is 30.3 Å². The molecular weight excluding hydrogens is 272 g/mol. The molecule has 1 aromatic heterocycles. The molecule has 0 fully saturated rings. The quantitative estimate of drug-likeness (QED) is 0.751. The highest BCUT2D eigenvalue weighted by atomic mass is 32.1. The maximum absolute atomic E-state index is 11.6. The van der Waals surface area contributed by atoms with Gasteiger partial charge in [0.15, 0.2) is 5.78 Å². The Hall–Kier alpha value is -1.81. The summed E-state index contributed by atoms with van der Waals surface area (Å²) in [5.41, 5.74) is 0.582. The predicted octanol–water partition coefficient (Wildman–Crippen LogP) is 4.10. The van der Waals surface area contributed by atoms with Crippen molar-refractivity contribution < 1.29 is 14.3 Å². The van der Waals surface area contributed by atoms with E-state index >= 15 is 0 Å². The highest BCUT2D eigenvalue weighted by molar-refractivity contribution is 7.11. The number of methoxy groups -OCH3 is 1. The predicted molar refractivity (Wildman–Crippen MR) is 81.0 cm³/mol. The first-order chi connectivity index (χ1) is 9.63. The zero-order valence-corrected chi connectivity index (χ0v) is 12.8. The molecule has 0 radical (unpaired) electrons. The van der Waals surface area contributed by atoms with Gasteiger partial charge in [0, 0.05) is 15.8 Å². The van der Waals surface area contributed by atoms with E-state index in [1.807, 2.05) is 0 Å². The Labute approximate surface area is 123 Å². The van der Waals surface area contributed by atoms with Crippen molar-refractivity contribution in [2.24, 2.45) is 0 Å². The van der Waals surface area contributed by atoms with Crippen LogP contribution in [0, 0.1) is 0 Å². The number of ether oxygens (including phenoxy) is 2. The smallest absolute Gasteiger partial charge is 0.163 e. The first-order valence-electron chi connectivity index (χ1n) is 6.53. The molecule has 0 amide bonds. The fraction of sp³-hybridized carbons (Fsp3) is 0.312. The molecule has 0 aliphatic rings. The summed E-state index contributed by atoms with van der Waals surface area (Å²) in [5.74, 6) is 1.25. The number of Topliss-reactive ketones (excluding diaryl/α,β-unsaturated/α-hetero) is 1. The summed E-state index contributed by atoms with van der Waals surface area (Å²) in [6, 6.07) is 9.44. The van der Waals surface area contributed by atoms with Gasteiger partial charge in [-0.3, -0.25) is 4.79 Å². The largest absolute Gasteiger partial charge is 0.497 e. The van der Waals surface area contributed by atoms with Gasteiger partial charge in [-0.2, -0.15) is 0 Å². The fourth-order valence-corrected chi connectivity index (χ4v) is 2.75. The molecule has 2 rings (SSSR count). The van der Waals surface area contributed by atoms with E-state index in [4.69, 9.17) is 9.47 Å². The molecule has 2 aromatic rings. The number of carbonyl (C=O) groups excluding carboxylic acids is 1. The Morgan fingerprint density at radius 3 is 2.55 bits per heavy atom. The molecule has 0 saturated heterocycles. The summed E-state index contributed by atoms with van der Waals surface area (Å²) < 4.78 is 11.0. The zero-order valence-electron chi connectivity index (χ0n) is 11.9. The fourth-order valence-electron chi connectivity index (χ4n) is 1.88. The SMILES string of the molecule is CCc1ccc(COc2cc(OC)ccc2C(C)=O)s1. The van der Waals surface area contributed by atoms with E-state index in [0.29, 0.717) is 23.7 Å². The summed E-state index contributed by atoms with van der Waals surface area (Å²) in [4.78, 5) is 14.1. The summed E-state index contributed by atoms with van der Waals surface area (Å²) in [6.45, 7) is 4.14. The van der Waals surface area contributed by atoms with Crippen molar-refractivity contribution >= 4 is 17.1 Å². The second kappa shape index (κ2) is 6.57. The number of hydrogen-bond donors (Lipinski definition) is 0. The molecule has 20 heavy (non-hydrogen) atoms. The van der Waals surface area contributed by atoms with E-state index in [2.05, 4.69) is 19.1 Å². The number of thiophene rings is 1. The van der Waals surface area contributed by atoms with Crippen LogP contribution in [0.3, 0.4) is 0 Å². The number of benzene rings is 1. The molecular formula is C16H18O3S. The van der Waals surface area contributed by atoms with Crippen LogP contribution >= 0.6 is 11.3 Å². The van der Waals surface area contributed by atoms with Gasteiger partial charge in [-0.1, -0.05) is 6.92 Å². The van der Waals surface area contributed by atoms with Gasteiger partial charge in [0.05, 0.1) is 12.7 Å². The van der Waals surface area contributed by atoms with Gasteiger partial charge >= 0.3 is 0 Å². The maximum Gasteiger partial charge on any atom is 0.163 e. The molecule has 0 spiro atoms.